The van der Waals surface area contributed by atoms with E-state index < -0.39 is 12.0 Å². The molecule has 2 aromatic carbocycles. The zero-order valence-corrected chi connectivity index (χ0v) is 15.5. The van der Waals surface area contributed by atoms with Crippen LogP contribution in [0.15, 0.2) is 48.5 Å². The van der Waals surface area contributed by atoms with Crippen LogP contribution in [0.25, 0.3) is 0 Å². The molecule has 2 atom stereocenters. The highest BCUT2D eigenvalue weighted by Gasteiger charge is 2.39. The second-order valence-electron chi connectivity index (χ2n) is 5.81. The van der Waals surface area contributed by atoms with Crippen LogP contribution in [0.3, 0.4) is 0 Å². The lowest BCUT2D eigenvalue weighted by Gasteiger charge is -2.28. The number of carboxylic acid groups (broad SMARTS) is 1. The molecule has 1 heterocycles. The van der Waals surface area contributed by atoms with Gasteiger partial charge in [0.25, 0.3) is 0 Å². The molecule has 1 fully saturated rings. The minimum atomic E-state index is -0.800. The summed E-state index contributed by atoms with van der Waals surface area (Å²) in [5.41, 5.74) is 2.01. The standard InChI is InChI=1S/C19H20ClNO3S/c1-2-24-17-9-4-3-6-14(17)11-21-16(19(22)23)12-25-18(21)13-7-5-8-15(20)10-13/h3-10,16,18H,2,11-12H2,1H3,(H,22,23). The van der Waals surface area contributed by atoms with E-state index in [1.165, 1.54) is 0 Å². The second kappa shape index (κ2) is 8.13. The smallest absolute Gasteiger partial charge is 0.321 e. The SMILES string of the molecule is CCOc1ccccc1CN1C(C(=O)O)CSC1c1cccc(Cl)c1. The van der Waals surface area contributed by atoms with Crippen molar-refractivity contribution in [3.05, 3.63) is 64.7 Å². The van der Waals surface area contributed by atoms with E-state index >= 15 is 0 Å². The third-order valence-corrected chi connectivity index (χ3v) is 5.76. The van der Waals surface area contributed by atoms with Gasteiger partial charge in [-0.05, 0) is 30.7 Å². The normalized spacial score (nSPS) is 20.6. The number of aliphatic carboxylic acids is 1. The van der Waals surface area contributed by atoms with E-state index in [9.17, 15) is 9.90 Å². The van der Waals surface area contributed by atoms with Crippen LogP contribution >= 0.6 is 23.4 Å². The Morgan fingerprint density at radius 1 is 1.32 bits per heavy atom. The van der Waals surface area contributed by atoms with Crippen LogP contribution < -0.4 is 4.74 Å². The molecule has 4 nitrogen and oxygen atoms in total. The minimum absolute atomic E-state index is 0.0468. The summed E-state index contributed by atoms with van der Waals surface area (Å²) in [5.74, 6) is 0.547. The predicted molar refractivity (Wildman–Crippen MR) is 101 cm³/mol. The number of para-hydroxylation sites is 1. The summed E-state index contributed by atoms with van der Waals surface area (Å²) in [6, 6.07) is 14.9. The third kappa shape index (κ3) is 4.11. The quantitative estimate of drug-likeness (QED) is 0.806. The van der Waals surface area contributed by atoms with Gasteiger partial charge in [-0.2, -0.15) is 0 Å². The van der Waals surface area contributed by atoms with Gasteiger partial charge in [0.2, 0.25) is 0 Å². The molecule has 3 rings (SSSR count). The molecule has 1 saturated heterocycles. The second-order valence-corrected chi connectivity index (χ2v) is 7.36. The first-order valence-corrected chi connectivity index (χ1v) is 9.59. The molecule has 1 N–H and O–H groups in total. The van der Waals surface area contributed by atoms with Crippen molar-refractivity contribution in [3.8, 4) is 5.75 Å². The van der Waals surface area contributed by atoms with E-state index in [0.29, 0.717) is 23.9 Å². The van der Waals surface area contributed by atoms with Gasteiger partial charge in [0.05, 0.1) is 12.0 Å². The minimum Gasteiger partial charge on any atom is -0.494 e. The summed E-state index contributed by atoms with van der Waals surface area (Å²) in [6.45, 7) is 3.03. The molecule has 2 aromatic rings. The number of hydrogen-bond donors (Lipinski definition) is 1. The van der Waals surface area contributed by atoms with Gasteiger partial charge in [-0.1, -0.05) is 41.9 Å². The topological polar surface area (TPSA) is 49.8 Å². The maximum absolute atomic E-state index is 11.7. The van der Waals surface area contributed by atoms with Gasteiger partial charge < -0.3 is 9.84 Å². The first kappa shape index (κ1) is 18.1. The van der Waals surface area contributed by atoms with Crippen molar-refractivity contribution in [2.45, 2.75) is 24.9 Å². The van der Waals surface area contributed by atoms with Gasteiger partial charge in [-0.15, -0.1) is 11.8 Å². The molecule has 0 aliphatic carbocycles. The van der Waals surface area contributed by atoms with E-state index in [1.54, 1.807) is 11.8 Å². The molecule has 2 unspecified atom stereocenters. The zero-order chi connectivity index (χ0) is 17.8. The molecule has 1 aliphatic heterocycles. The predicted octanol–water partition coefficient (Wildman–Crippen LogP) is 4.44. The number of carboxylic acids is 1. The molecule has 6 heteroatoms. The lowest BCUT2D eigenvalue weighted by Crippen LogP contribution is -2.38. The van der Waals surface area contributed by atoms with Gasteiger partial charge in [0, 0.05) is 22.9 Å². The molecule has 0 spiro atoms. The van der Waals surface area contributed by atoms with Crippen molar-refractivity contribution in [3.63, 3.8) is 0 Å². The van der Waals surface area contributed by atoms with Crippen LogP contribution in [0.2, 0.25) is 5.02 Å². The highest BCUT2D eigenvalue weighted by molar-refractivity contribution is 7.99. The molecule has 0 saturated carbocycles. The van der Waals surface area contributed by atoms with E-state index in [-0.39, 0.29) is 5.37 Å². The van der Waals surface area contributed by atoms with Crippen LogP contribution in [0.5, 0.6) is 5.75 Å². The number of rotatable bonds is 6. The largest absolute Gasteiger partial charge is 0.494 e. The number of nitrogens with zero attached hydrogens (tertiary/aromatic N) is 1. The van der Waals surface area contributed by atoms with Crippen molar-refractivity contribution >= 4 is 29.3 Å². The molecule has 0 radical (unpaired) electrons. The Morgan fingerprint density at radius 2 is 2.12 bits per heavy atom. The molecule has 0 aromatic heterocycles. The van der Waals surface area contributed by atoms with Crippen molar-refractivity contribution < 1.29 is 14.6 Å². The van der Waals surface area contributed by atoms with E-state index in [0.717, 1.165) is 16.9 Å². The third-order valence-electron chi connectivity index (χ3n) is 4.16. The van der Waals surface area contributed by atoms with Crippen LogP contribution in [-0.2, 0) is 11.3 Å². The molecule has 25 heavy (non-hydrogen) atoms. The first-order chi connectivity index (χ1) is 12.1. The number of hydrogen-bond acceptors (Lipinski definition) is 4. The van der Waals surface area contributed by atoms with E-state index in [1.807, 2.05) is 60.4 Å². The fraction of sp³-hybridized carbons (Fsp3) is 0.316. The van der Waals surface area contributed by atoms with Crippen molar-refractivity contribution in [1.82, 2.24) is 4.90 Å². The molecular weight excluding hydrogens is 358 g/mol. The lowest BCUT2D eigenvalue weighted by atomic mass is 10.1. The van der Waals surface area contributed by atoms with Crippen LogP contribution in [0.4, 0.5) is 0 Å². The van der Waals surface area contributed by atoms with Crippen molar-refractivity contribution in [2.24, 2.45) is 0 Å². The molecule has 0 amide bonds. The number of carbonyl (C=O) groups is 1. The molecule has 0 bridgehead atoms. The van der Waals surface area contributed by atoms with Crippen LogP contribution in [0.1, 0.15) is 23.4 Å². The average Bonchev–Trinajstić information content (AvgIpc) is 3.01. The monoisotopic (exact) mass is 377 g/mol. The molecular formula is C19H20ClNO3S. The highest BCUT2D eigenvalue weighted by Crippen LogP contribution is 2.43. The van der Waals surface area contributed by atoms with Crippen molar-refractivity contribution in [2.75, 3.05) is 12.4 Å². The summed E-state index contributed by atoms with van der Waals surface area (Å²) in [7, 11) is 0. The summed E-state index contributed by atoms with van der Waals surface area (Å²) < 4.78 is 5.70. The van der Waals surface area contributed by atoms with Crippen LogP contribution in [0, 0.1) is 0 Å². The Hall–Kier alpha value is -1.69. The number of halogens is 1. The Balaban J connectivity index is 1.92. The van der Waals surface area contributed by atoms with Gasteiger partial charge in [0.15, 0.2) is 0 Å². The summed E-state index contributed by atoms with van der Waals surface area (Å²) >= 11 is 7.77. The molecule has 132 valence electrons. The average molecular weight is 378 g/mol. The summed E-state index contributed by atoms with van der Waals surface area (Å²) in [5, 5.41) is 10.3. The maximum atomic E-state index is 11.7. The Labute approximate surface area is 156 Å². The fourth-order valence-electron chi connectivity index (χ4n) is 3.02. The Kier molecular flexibility index (Phi) is 5.89. The summed E-state index contributed by atoms with van der Waals surface area (Å²) in [4.78, 5) is 13.8. The van der Waals surface area contributed by atoms with E-state index in [4.69, 9.17) is 16.3 Å². The zero-order valence-electron chi connectivity index (χ0n) is 13.9. The van der Waals surface area contributed by atoms with Gasteiger partial charge in [0.1, 0.15) is 11.8 Å². The first-order valence-electron chi connectivity index (χ1n) is 8.16. The molecule has 1 aliphatic rings. The van der Waals surface area contributed by atoms with Crippen molar-refractivity contribution in [1.29, 1.82) is 0 Å². The van der Waals surface area contributed by atoms with E-state index in [2.05, 4.69) is 0 Å². The summed E-state index contributed by atoms with van der Waals surface area (Å²) in [6.07, 6.45) is 0. The maximum Gasteiger partial charge on any atom is 0.321 e. The Bertz CT molecular complexity index is 755. The fourth-order valence-corrected chi connectivity index (χ4v) is 4.67. The number of ether oxygens (including phenoxy) is 1. The number of thioether (sulfide) groups is 1. The lowest BCUT2D eigenvalue weighted by molar-refractivity contribution is -0.142. The Morgan fingerprint density at radius 3 is 2.84 bits per heavy atom. The van der Waals surface area contributed by atoms with Gasteiger partial charge >= 0.3 is 5.97 Å². The van der Waals surface area contributed by atoms with Crippen LogP contribution in [-0.4, -0.2) is 34.4 Å². The van der Waals surface area contributed by atoms with Gasteiger partial charge in [-0.25, -0.2) is 0 Å². The number of benzene rings is 2. The highest BCUT2D eigenvalue weighted by atomic mass is 35.5. The van der Waals surface area contributed by atoms with Gasteiger partial charge in [-0.3, -0.25) is 9.69 Å².